The first-order valence-electron chi connectivity index (χ1n) is 15.5. The van der Waals surface area contributed by atoms with E-state index in [1.807, 2.05) is 0 Å². The maximum Gasteiger partial charge on any atom is 0.295 e. The second-order valence-corrected chi connectivity index (χ2v) is 11.2. The Kier molecular flexibility index (Phi) is 13.3. The fourth-order valence-corrected chi connectivity index (χ4v) is 5.69. The lowest BCUT2D eigenvalue weighted by Crippen LogP contribution is -2.31. The minimum atomic E-state index is -1.15. The van der Waals surface area contributed by atoms with Gasteiger partial charge >= 0.3 is 0 Å². The van der Waals surface area contributed by atoms with E-state index >= 15 is 0 Å². The summed E-state index contributed by atoms with van der Waals surface area (Å²) < 4.78 is 0. The van der Waals surface area contributed by atoms with E-state index in [0.29, 0.717) is 6.42 Å². The molecule has 0 aliphatic carbocycles. The predicted octanol–water partition coefficient (Wildman–Crippen LogP) is 8.41. The number of non-ortho nitro benzene ring substituents is 1. The molecule has 1 fully saturated rings. The molecule has 0 aromatic heterocycles. The predicted molar refractivity (Wildman–Crippen MR) is 166 cm³/mol. The SMILES string of the molecule is CCCCCCCCCCCCCCCCN1C(=O)C(=O)/C(=C(/O)c2ccc([N+](=O)[O-])cc2)[C@@H]1c1ccccc1[N+](=O)[O-]. The molecule has 10 nitrogen and oxygen atoms in total. The van der Waals surface area contributed by atoms with Gasteiger partial charge in [0.25, 0.3) is 23.1 Å². The van der Waals surface area contributed by atoms with Gasteiger partial charge < -0.3 is 10.0 Å². The van der Waals surface area contributed by atoms with Gasteiger partial charge in [0.15, 0.2) is 0 Å². The monoisotopic (exact) mass is 593 g/mol. The van der Waals surface area contributed by atoms with Gasteiger partial charge in [-0.2, -0.15) is 0 Å². The van der Waals surface area contributed by atoms with Crippen molar-refractivity contribution in [3.8, 4) is 0 Å². The number of para-hydroxylation sites is 1. The number of unbranched alkanes of at least 4 members (excludes halogenated alkanes) is 13. The second kappa shape index (κ2) is 17.1. The summed E-state index contributed by atoms with van der Waals surface area (Å²) in [6.07, 6.45) is 16.4. The third kappa shape index (κ3) is 9.20. The van der Waals surface area contributed by atoms with Gasteiger partial charge in [-0.25, -0.2) is 0 Å². The summed E-state index contributed by atoms with van der Waals surface area (Å²) in [5, 5.41) is 34.1. The molecule has 10 heteroatoms. The second-order valence-electron chi connectivity index (χ2n) is 11.2. The number of nitro groups is 2. The molecule has 1 aliphatic heterocycles. The molecule has 1 heterocycles. The van der Waals surface area contributed by atoms with Crippen molar-refractivity contribution in [1.29, 1.82) is 0 Å². The quantitative estimate of drug-likeness (QED) is 0.0430. The number of amides is 1. The molecule has 43 heavy (non-hydrogen) atoms. The van der Waals surface area contributed by atoms with Crippen LogP contribution in [0.4, 0.5) is 11.4 Å². The first-order chi connectivity index (χ1) is 20.8. The van der Waals surface area contributed by atoms with E-state index in [-0.39, 0.29) is 34.6 Å². The van der Waals surface area contributed by atoms with Gasteiger partial charge in [0.05, 0.1) is 27.0 Å². The van der Waals surface area contributed by atoms with E-state index in [2.05, 4.69) is 6.92 Å². The van der Waals surface area contributed by atoms with Crippen molar-refractivity contribution < 1.29 is 24.5 Å². The smallest absolute Gasteiger partial charge is 0.295 e. The standard InChI is InChI=1S/C33H43N3O7/c1-2-3-4-5-6-7-8-9-10-11-12-13-14-17-24-34-30(27-18-15-16-19-28(27)36(42)43)29(32(38)33(34)39)31(37)25-20-22-26(23-21-25)35(40)41/h15-16,18-23,30,37H,2-14,17,24H2,1H3/b31-29+/t30-/m0/s1. The number of Topliss-reactive ketones (excluding diaryl/α,β-unsaturated/α-hetero) is 1. The van der Waals surface area contributed by atoms with E-state index in [1.54, 1.807) is 6.07 Å². The molecule has 1 aliphatic rings. The zero-order valence-corrected chi connectivity index (χ0v) is 25.0. The Morgan fingerprint density at radius 3 is 1.77 bits per heavy atom. The van der Waals surface area contributed by atoms with Crippen LogP contribution in [0.25, 0.3) is 5.76 Å². The Hall–Kier alpha value is -4.08. The Morgan fingerprint density at radius 1 is 0.744 bits per heavy atom. The number of likely N-dealkylation sites (tertiary alicyclic amines) is 1. The van der Waals surface area contributed by atoms with Gasteiger partial charge in [-0.05, 0) is 24.6 Å². The highest BCUT2D eigenvalue weighted by Crippen LogP contribution is 2.42. The van der Waals surface area contributed by atoms with Crippen molar-refractivity contribution in [2.75, 3.05) is 6.54 Å². The highest BCUT2D eigenvalue weighted by molar-refractivity contribution is 6.46. The van der Waals surface area contributed by atoms with Crippen LogP contribution >= 0.6 is 0 Å². The number of carbonyl (C=O) groups is 2. The zero-order valence-electron chi connectivity index (χ0n) is 25.0. The summed E-state index contributed by atoms with van der Waals surface area (Å²) in [4.78, 5) is 49.5. The van der Waals surface area contributed by atoms with Crippen molar-refractivity contribution in [1.82, 2.24) is 4.90 Å². The molecule has 2 aromatic rings. The lowest BCUT2D eigenvalue weighted by Gasteiger charge is -2.25. The number of nitrogens with zero attached hydrogens (tertiary/aromatic N) is 3. The number of aliphatic hydroxyl groups is 1. The number of rotatable bonds is 19. The van der Waals surface area contributed by atoms with Crippen LogP contribution in [0.5, 0.6) is 0 Å². The van der Waals surface area contributed by atoms with Crippen LogP contribution in [0.15, 0.2) is 54.1 Å². The van der Waals surface area contributed by atoms with Crippen molar-refractivity contribution in [2.45, 2.75) is 103 Å². The normalized spacial score (nSPS) is 16.1. The number of nitro benzene ring substituents is 2. The molecule has 0 bridgehead atoms. The van der Waals surface area contributed by atoms with E-state index in [0.717, 1.165) is 25.7 Å². The molecule has 1 saturated heterocycles. The topological polar surface area (TPSA) is 144 Å². The third-order valence-electron chi connectivity index (χ3n) is 8.07. The average molecular weight is 594 g/mol. The van der Waals surface area contributed by atoms with Crippen molar-refractivity contribution in [3.63, 3.8) is 0 Å². The molecule has 232 valence electrons. The average Bonchev–Trinajstić information content (AvgIpc) is 3.25. The largest absolute Gasteiger partial charge is 0.507 e. The van der Waals surface area contributed by atoms with Crippen LogP contribution in [0, 0.1) is 20.2 Å². The molecule has 0 unspecified atom stereocenters. The molecule has 1 atom stereocenters. The van der Waals surface area contributed by atoms with Gasteiger partial charge in [-0.3, -0.25) is 29.8 Å². The fraction of sp³-hybridized carbons (Fsp3) is 0.515. The molecule has 1 amide bonds. The summed E-state index contributed by atoms with van der Waals surface area (Å²) in [7, 11) is 0. The highest BCUT2D eigenvalue weighted by atomic mass is 16.6. The number of aliphatic hydroxyl groups excluding tert-OH is 1. The summed E-state index contributed by atoms with van der Waals surface area (Å²) in [5.74, 6) is -2.30. The van der Waals surface area contributed by atoms with Crippen molar-refractivity contribution in [2.24, 2.45) is 0 Å². The van der Waals surface area contributed by atoms with Crippen LogP contribution in [0.2, 0.25) is 0 Å². The maximum absolute atomic E-state index is 13.2. The molecule has 1 N–H and O–H groups in total. The van der Waals surface area contributed by atoms with Crippen molar-refractivity contribution >= 4 is 28.8 Å². The molecular weight excluding hydrogens is 550 g/mol. The van der Waals surface area contributed by atoms with Gasteiger partial charge in [-0.1, -0.05) is 103 Å². The number of hydrogen-bond donors (Lipinski definition) is 1. The first-order valence-corrected chi connectivity index (χ1v) is 15.5. The first kappa shape index (κ1) is 33.4. The van der Waals surface area contributed by atoms with Gasteiger partial charge in [-0.15, -0.1) is 0 Å². The zero-order chi connectivity index (χ0) is 31.2. The van der Waals surface area contributed by atoms with Crippen molar-refractivity contribution in [3.05, 3.63) is 85.5 Å². The highest BCUT2D eigenvalue weighted by Gasteiger charge is 2.47. The number of benzene rings is 2. The molecular formula is C33H43N3O7. The number of ketones is 1. The Labute approximate surface area is 253 Å². The Balaban J connectivity index is 1.65. The fourth-order valence-electron chi connectivity index (χ4n) is 5.69. The summed E-state index contributed by atoms with van der Waals surface area (Å²) in [5.41, 5.74) is -0.511. The molecule has 2 aromatic carbocycles. The lowest BCUT2D eigenvalue weighted by molar-refractivity contribution is -0.385. The van der Waals surface area contributed by atoms with Crippen LogP contribution in [0.3, 0.4) is 0 Å². The van der Waals surface area contributed by atoms with Crippen LogP contribution < -0.4 is 0 Å². The molecule has 3 rings (SSSR count). The van der Waals surface area contributed by atoms with E-state index in [4.69, 9.17) is 0 Å². The van der Waals surface area contributed by atoms with Crippen LogP contribution in [-0.4, -0.2) is 38.1 Å². The summed E-state index contributed by atoms with van der Waals surface area (Å²) in [6.45, 7) is 2.43. The minimum Gasteiger partial charge on any atom is -0.507 e. The van der Waals surface area contributed by atoms with Crippen LogP contribution in [-0.2, 0) is 9.59 Å². The van der Waals surface area contributed by atoms with Crippen LogP contribution in [0.1, 0.15) is 114 Å². The van der Waals surface area contributed by atoms with Gasteiger partial charge in [0, 0.05) is 30.3 Å². The van der Waals surface area contributed by atoms with Gasteiger partial charge in [0.2, 0.25) is 0 Å². The molecule has 0 spiro atoms. The van der Waals surface area contributed by atoms with Gasteiger partial charge in [0.1, 0.15) is 5.76 Å². The number of carbonyl (C=O) groups excluding carboxylic acids is 2. The third-order valence-corrected chi connectivity index (χ3v) is 8.07. The van der Waals surface area contributed by atoms with E-state index < -0.39 is 33.3 Å². The van der Waals surface area contributed by atoms with E-state index in [9.17, 15) is 34.9 Å². The minimum absolute atomic E-state index is 0.101. The maximum atomic E-state index is 13.2. The lowest BCUT2D eigenvalue weighted by atomic mass is 9.94. The summed E-state index contributed by atoms with van der Waals surface area (Å²) >= 11 is 0. The Bertz CT molecular complexity index is 1290. The summed E-state index contributed by atoms with van der Waals surface area (Å²) in [6, 6.07) is 9.64. The molecule has 0 radical (unpaired) electrons. The molecule has 0 saturated carbocycles. The van der Waals surface area contributed by atoms with E-state index in [1.165, 1.54) is 105 Å². The number of hydrogen-bond acceptors (Lipinski definition) is 7. The Morgan fingerprint density at radius 2 is 1.26 bits per heavy atom.